The average molecular weight is 362 g/mol. The van der Waals surface area contributed by atoms with E-state index in [0.717, 1.165) is 29.1 Å². The fraction of sp³-hybridized carbons (Fsp3) is 0.474. The first-order valence-corrected chi connectivity index (χ1v) is 9.15. The third kappa shape index (κ3) is 4.51. The van der Waals surface area contributed by atoms with Crippen LogP contribution in [0.3, 0.4) is 0 Å². The molecule has 1 aromatic carbocycles. The van der Waals surface area contributed by atoms with Gasteiger partial charge in [-0.1, -0.05) is 13.3 Å². The van der Waals surface area contributed by atoms with Crippen molar-refractivity contribution in [1.29, 1.82) is 0 Å². The molecule has 0 saturated heterocycles. The first-order valence-electron chi connectivity index (χ1n) is 8.33. The van der Waals surface area contributed by atoms with Gasteiger partial charge in [-0.2, -0.15) is 0 Å². The molecule has 25 heavy (non-hydrogen) atoms. The molecular formula is C19H26N2O3S. The second-order valence-electron chi connectivity index (χ2n) is 6.59. The minimum absolute atomic E-state index is 0.0693. The number of aryl methyl sites for hydroxylation is 1. The van der Waals surface area contributed by atoms with Gasteiger partial charge in [-0.15, -0.1) is 11.3 Å². The number of benzene rings is 1. The molecule has 2 rings (SSSR count). The number of rotatable bonds is 7. The summed E-state index contributed by atoms with van der Waals surface area (Å²) in [7, 11) is 3.20. The predicted molar refractivity (Wildman–Crippen MR) is 102 cm³/mol. The Bertz CT molecular complexity index is 753. The molecule has 5 nitrogen and oxygen atoms in total. The van der Waals surface area contributed by atoms with E-state index in [9.17, 15) is 4.79 Å². The quantitative estimate of drug-likeness (QED) is 0.791. The Morgan fingerprint density at radius 2 is 1.92 bits per heavy atom. The van der Waals surface area contributed by atoms with Crippen LogP contribution in [0.5, 0.6) is 11.5 Å². The van der Waals surface area contributed by atoms with Crippen molar-refractivity contribution in [2.75, 3.05) is 14.2 Å². The van der Waals surface area contributed by atoms with Gasteiger partial charge in [0.05, 0.1) is 19.9 Å². The topological polar surface area (TPSA) is 60.5 Å². The molecule has 0 atom stereocenters. The first kappa shape index (κ1) is 19.2. The van der Waals surface area contributed by atoms with E-state index in [1.54, 1.807) is 14.2 Å². The van der Waals surface area contributed by atoms with Crippen molar-refractivity contribution in [2.45, 2.75) is 46.1 Å². The van der Waals surface area contributed by atoms with Gasteiger partial charge in [0.1, 0.15) is 9.88 Å². The zero-order valence-electron chi connectivity index (χ0n) is 15.7. The lowest BCUT2D eigenvalue weighted by Gasteiger charge is -2.25. The zero-order valence-corrected chi connectivity index (χ0v) is 16.5. The Kier molecular flexibility index (Phi) is 6.06. The van der Waals surface area contributed by atoms with Gasteiger partial charge in [0, 0.05) is 11.1 Å². The zero-order chi connectivity index (χ0) is 18.6. The molecule has 0 radical (unpaired) electrons. The number of aromatic nitrogens is 1. The third-order valence-corrected chi connectivity index (χ3v) is 5.17. The van der Waals surface area contributed by atoms with Gasteiger partial charge in [0.15, 0.2) is 11.5 Å². The second-order valence-corrected chi connectivity index (χ2v) is 7.59. The van der Waals surface area contributed by atoms with E-state index in [4.69, 9.17) is 9.47 Å². The van der Waals surface area contributed by atoms with E-state index in [0.29, 0.717) is 16.4 Å². The number of nitrogens with one attached hydrogen (secondary N) is 1. The van der Waals surface area contributed by atoms with Crippen LogP contribution in [0.2, 0.25) is 0 Å². The van der Waals surface area contributed by atoms with Crippen molar-refractivity contribution in [1.82, 2.24) is 10.3 Å². The van der Waals surface area contributed by atoms with E-state index < -0.39 is 0 Å². The summed E-state index contributed by atoms with van der Waals surface area (Å²) in [5, 5.41) is 3.90. The van der Waals surface area contributed by atoms with Gasteiger partial charge < -0.3 is 14.8 Å². The molecule has 0 bridgehead atoms. The molecule has 0 aliphatic carbocycles. The van der Waals surface area contributed by atoms with Crippen LogP contribution in [-0.4, -0.2) is 30.6 Å². The van der Waals surface area contributed by atoms with Crippen LogP contribution in [0, 0.1) is 6.92 Å². The third-order valence-electron chi connectivity index (χ3n) is 3.96. The van der Waals surface area contributed by atoms with Crippen LogP contribution in [0.25, 0.3) is 10.6 Å². The highest BCUT2D eigenvalue weighted by atomic mass is 32.1. The Hall–Kier alpha value is -2.08. The predicted octanol–water partition coefficient (Wildman–Crippen LogP) is 4.44. The van der Waals surface area contributed by atoms with Crippen molar-refractivity contribution in [2.24, 2.45) is 0 Å². The number of nitrogens with zero attached hydrogens (tertiary/aromatic N) is 1. The smallest absolute Gasteiger partial charge is 0.263 e. The molecule has 0 saturated carbocycles. The fourth-order valence-corrected chi connectivity index (χ4v) is 3.71. The number of ether oxygens (including phenoxy) is 2. The van der Waals surface area contributed by atoms with Gasteiger partial charge in [0.25, 0.3) is 5.91 Å². The highest BCUT2D eigenvalue weighted by molar-refractivity contribution is 7.17. The number of thiazole rings is 1. The molecule has 0 aliphatic rings. The van der Waals surface area contributed by atoms with Crippen LogP contribution in [0.15, 0.2) is 18.2 Å². The van der Waals surface area contributed by atoms with Gasteiger partial charge in [-0.25, -0.2) is 4.98 Å². The molecule has 0 aliphatic heterocycles. The molecular weight excluding hydrogens is 336 g/mol. The summed E-state index contributed by atoms with van der Waals surface area (Å²) < 4.78 is 10.6. The van der Waals surface area contributed by atoms with Gasteiger partial charge in [-0.3, -0.25) is 4.79 Å². The first-order chi connectivity index (χ1) is 11.8. The molecule has 1 amide bonds. The maximum Gasteiger partial charge on any atom is 0.263 e. The molecule has 0 unspecified atom stereocenters. The minimum atomic E-state index is -0.230. The van der Waals surface area contributed by atoms with Crippen LogP contribution in [-0.2, 0) is 0 Å². The van der Waals surface area contributed by atoms with Crippen molar-refractivity contribution in [3.05, 3.63) is 28.8 Å². The Morgan fingerprint density at radius 1 is 1.24 bits per heavy atom. The van der Waals surface area contributed by atoms with Crippen molar-refractivity contribution in [3.8, 4) is 22.1 Å². The van der Waals surface area contributed by atoms with Gasteiger partial charge in [0.2, 0.25) is 0 Å². The Labute approximate surface area is 153 Å². The molecule has 136 valence electrons. The monoisotopic (exact) mass is 362 g/mol. The number of carbonyl (C=O) groups is 1. The Morgan fingerprint density at radius 3 is 2.52 bits per heavy atom. The number of hydrogen-bond donors (Lipinski definition) is 1. The maximum absolute atomic E-state index is 12.6. The molecule has 1 aromatic heterocycles. The van der Waals surface area contributed by atoms with E-state index in [1.165, 1.54) is 11.3 Å². The summed E-state index contributed by atoms with van der Waals surface area (Å²) in [5.74, 6) is 1.24. The lowest BCUT2D eigenvalue weighted by atomic mass is 9.99. The van der Waals surface area contributed by atoms with E-state index in [-0.39, 0.29) is 11.4 Å². The number of carbonyl (C=O) groups excluding carboxylic acids is 1. The van der Waals surface area contributed by atoms with E-state index >= 15 is 0 Å². The molecule has 2 aromatic rings. The highest BCUT2D eigenvalue weighted by Crippen LogP contribution is 2.35. The summed E-state index contributed by atoms with van der Waals surface area (Å²) in [6.07, 6.45) is 1.95. The standard InChI is InChI=1S/C19H26N2O3S/c1-7-10-19(3,4)21-17(22)16-12(2)20-18(25-16)13-8-9-14(23-5)15(11-13)24-6/h8-9,11H,7,10H2,1-6H3,(H,21,22). The van der Waals surface area contributed by atoms with Crippen molar-refractivity contribution >= 4 is 17.2 Å². The summed E-state index contributed by atoms with van der Waals surface area (Å²) in [5.41, 5.74) is 1.41. The van der Waals surface area contributed by atoms with Crippen molar-refractivity contribution in [3.63, 3.8) is 0 Å². The average Bonchev–Trinajstić information content (AvgIpc) is 2.95. The maximum atomic E-state index is 12.6. The lowest BCUT2D eigenvalue weighted by Crippen LogP contribution is -2.43. The van der Waals surface area contributed by atoms with Gasteiger partial charge >= 0.3 is 0 Å². The van der Waals surface area contributed by atoms with Crippen molar-refractivity contribution < 1.29 is 14.3 Å². The molecule has 0 fully saturated rings. The van der Waals surface area contributed by atoms with Crippen LogP contribution in [0.1, 0.15) is 49.0 Å². The largest absolute Gasteiger partial charge is 0.493 e. The molecule has 1 N–H and O–H groups in total. The highest BCUT2D eigenvalue weighted by Gasteiger charge is 2.23. The normalized spacial score (nSPS) is 11.3. The van der Waals surface area contributed by atoms with Crippen LogP contribution in [0.4, 0.5) is 0 Å². The molecule has 6 heteroatoms. The van der Waals surface area contributed by atoms with E-state index in [2.05, 4.69) is 17.2 Å². The van der Waals surface area contributed by atoms with Crippen LogP contribution < -0.4 is 14.8 Å². The van der Waals surface area contributed by atoms with E-state index in [1.807, 2.05) is 39.0 Å². The molecule has 1 heterocycles. The number of amides is 1. The SMILES string of the molecule is CCCC(C)(C)NC(=O)c1sc(-c2ccc(OC)c(OC)c2)nc1C. The Balaban J connectivity index is 2.29. The van der Waals surface area contributed by atoms with Crippen LogP contribution >= 0.6 is 11.3 Å². The minimum Gasteiger partial charge on any atom is -0.493 e. The summed E-state index contributed by atoms with van der Waals surface area (Å²) in [6, 6.07) is 5.64. The fourth-order valence-electron chi connectivity index (χ4n) is 2.75. The van der Waals surface area contributed by atoms with Gasteiger partial charge in [-0.05, 0) is 45.4 Å². The summed E-state index contributed by atoms with van der Waals surface area (Å²) in [6.45, 7) is 8.06. The second kappa shape index (κ2) is 7.87. The summed E-state index contributed by atoms with van der Waals surface area (Å²) >= 11 is 1.39. The lowest BCUT2D eigenvalue weighted by molar-refractivity contribution is 0.0912. The number of methoxy groups -OCH3 is 2. The molecule has 0 spiro atoms. The number of hydrogen-bond acceptors (Lipinski definition) is 5. The summed E-state index contributed by atoms with van der Waals surface area (Å²) in [4.78, 5) is 17.9.